The van der Waals surface area contributed by atoms with Crippen LogP contribution in [-0.4, -0.2) is 46.8 Å². The Balaban J connectivity index is 1.47. The predicted octanol–water partition coefficient (Wildman–Crippen LogP) is 2.67. The lowest BCUT2D eigenvalue weighted by Gasteiger charge is -2.33. The van der Waals surface area contributed by atoms with Gasteiger partial charge in [0.05, 0.1) is 5.69 Å². The highest BCUT2D eigenvalue weighted by Gasteiger charge is 2.20. The third kappa shape index (κ3) is 4.93. The van der Waals surface area contributed by atoms with Crippen LogP contribution in [0.2, 0.25) is 0 Å². The summed E-state index contributed by atoms with van der Waals surface area (Å²) in [5.74, 6) is 0.875. The van der Waals surface area contributed by atoms with Crippen LogP contribution in [0.3, 0.4) is 0 Å². The van der Waals surface area contributed by atoms with Crippen LogP contribution < -0.4 is 10.6 Å². The standard InChI is InChI=1S/C22H34N6/c1-16-8-6-7-9-19(16)15-28-12-10-20(11-13-28)25-22(23-4)24-14-21-17(2)26-27(5)18(21)3/h6-9,20H,10-15H2,1-5H3,(H2,23,24,25). The van der Waals surface area contributed by atoms with E-state index >= 15 is 0 Å². The Kier molecular flexibility index (Phi) is 6.73. The van der Waals surface area contributed by atoms with E-state index in [-0.39, 0.29) is 0 Å². The third-order valence-corrected chi connectivity index (χ3v) is 5.90. The van der Waals surface area contributed by atoms with Gasteiger partial charge in [-0.15, -0.1) is 0 Å². The second-order valence-electron chi connectivity index (χ2n) is 7.82. The lowest BCUT2D eigenvalue weighted by Crippen LogP contribution is -2.48. The molecule has 1 fully saturated rings. The van der Waals surface area contributed by atoms with Gasteiger partial charge in [0.2, 0.25) is 0 Å². The molecule has 3 rings (SSSR count). The van der Waals surface area contributed by atoms with Gasteiger partial charge in [0.15, 0.2) is 5.96 Å². The first-order chi connectivity index (χ1) is 13.5. The SMILES string of the molecule is CN=C(NCc1c(C)nn(C)c1C)NC1CCN(Cc2ccccc2C)CC1. The lowest BCUT2D eigenvalue weighted by molar-refractivity contribution is 0.198. The van der Waals surface area contributed by atoms with Gasteiger partial charge in [-0.05, 0) is 44.7 Å². The van der Waals surface area contributed by atoms with Gasteiger partial charge in [0.1, 0.15) is 0 Å². The van der Waals surface area contributed by atoms with E-state index in [0.29, 0.717) is 6.04 Å². The summed E-state index contributed by atoms with van der Waals surface area (Å²) in [6.07, 6.45) is 2.27. The number of aromatic nitrogens is 2. The van der Waals surface area contributed by atoms with Crippen molar-refractivity contribution in [2.24, 2.45) is 12.0 Å². The molecule has 0 saturated carbocycles. The largest absolute Gasteiger partial charge is 0.354 e. The summed E-state index contributed by atoms with van der Waals surface area (Å²) >= 11 is 0. The van der Waals surface area contributed by atoms with Crippen LogP contribution in [0.4, 0.5) is 0 Å². The minimum Gasteiger partial charge on any atom is -0.354 e. The van der Waals surface area contributed by atoms with Crippen molar-refractivity contribution in [2.45, 2.75) is 52.7 Å². The van der Waals surface area contributed by atoms with Gasteiger partial charge in [-0.1, -0.05) is 24.3 Å². The van der Waals surface area contributed by atoms with E-state index < -0.39 is 0 Å². The zero-order valence-electron chi connectivity index (χ0n) is 17.9. The number of rotatable bonds is 5. The van der Waals surface area contributed by atoms with Gasteiger partial charge < -0.3 is 10.6 Å². The Labute approximate surface area is 169 Å². The van der Waals surface area contributed by atoms with Crippen LogP contribution in [-0.2, 0) is 20.1 Å². The van der Waals surface area contributed by atoms with E-state index in [0.717, 1.165) is 50.7 Å². The monoisotopic (exact) mass is 382 g/mol. The van der Waals surface area contributed by atoms with Crippen LogP contribution in [0.25, 0.3) is 0 Å². The highest BCUT2D eigenvalue weighted by Crippen LogP contribution is 2.16. The van der Waals surface area contributed by atoms with Crippen molar-refractivity contribution >= 4 is 5.96 Å². The molecular weight excluding hydrogens is 348 g/mol. The van der Waals surface area contributed by atoms with E-state index in [1.54, 1.807) is 0 Å². The Morgan fingerprint density at radius 3 is 2.50 bits per heavy atom. The number of benzene rings is 1. The van der Waals surface area contributed by atoms with Crippen molar-refractivity contribution in [3.05, 3.63) is 52.3 Å². The fourth-order valence-corrected chi connectivity index (χ4v) is 3.90. The second-order valence-corrected chi connectivity index (χ2v) is 7.82. The molecule has 2 N–H and O–H groups in total. The summed E-state index contributed by atoms with van der Waals surface area (Å²) in [7, 11) is 3.83. The topological polar surface area (TPSA) is 57.5 Å². The number of likely N-dealkylation sites (tertiary alicyclic amines) is 1. The van der Waals surface area contributed by atoms with Gasteiger partial charge >= 0.3 is 0 Å². The fraction of sp³-hybridized carbons (Fsp3) is 0.545. The van der Waals surface area contributed by atoms with Crippen molar-refractivity contribution in [1.29, 1.82) is 0 Å². The normalized spacial score (nSPS) is 16.4. The number of nitrogens with one attached hydrogen (secondary N) is 2. The average Bonchev–Trinajstić information content (AvgIpc) is 2.93. The van der Waals surface area contributed by atoms with Crippen LogP contribution in [0.15, 0.2) is 29.3 Å². The van der Waals surface area contributed by atoms with Gasteiger partial charge in [-0.2, -0.15) is 5.10 Å². The highest BCUT2D eigenvalue weighted by atomic mass is 15.3. The van der Waals surface area contributed by atoms with Crippen molar-refractivity contribution in [3.8, 4) is 0 Å². The molecule has 6 nitrogen and oxygen atoms in total. The Bertz CT molecular complexity index is 814. The van der Waals surface area contributed by atoms with Crippen molar-refractivity contribution < 1.29 is 0 Å². The molecular formula is C22H34N6. The first-order valence-electron chi connectivity index (χ1n) is 10.2. The molecule has 0 radical (unpaired) electrons. The summed E-state index contributed by atoms with van der Waals surface area (Å²) in [6.45, 7) is 10.4. The molecule has 0 bridgehead atoms. The molecule has 1 aromatic carbocycles. The summed E-state index contributed by atoms with van der Waals surface area (Å²) in [4.78, 5) is 6.97. The Morgan fingerprint density at radius 2 is 1.89 bits per heavy atom. The molecule has 0 atom stereocenters. The molecule has 0 aliphatic carbocycles. The molecule has 1 aromatic heterocycles. The Hall–Kier alpha value is -2.34. The molecule has 2 aromatic rings. The van der Waals surface area contributed by atoms with Crippen LogP contribution >= 0.6 is 0 Å². The van der Waals surface area contributed by atoms with Gasteiger partial charge in [-0.3, -0.25) is 14.6 Å². The van der Waals surface area contributed by atoms with Crippen molar-refractivity contribution in [1.82, 2.24) is 25.3 Å². The van der Waals surface area contributed by atoms with E-state index in [2.05, 4.69) is 70.7 Å². The Morgan fingerprint density at radius 1 is 1.18 bits per heavy atom. The maximum Gasteiger partial charge on any atom is 0.191 e. The molecule has 1 aliphatic rings. The first-order valence-corrected chi connectivity index (χ1v) is 10.2. The molecule has 152 valence electrons. The molecule has 6 heteroatoms. The van der Waals surface area contributed by atoms with Crippen LogP contribution in [0.1, 0.15) is 40.9 Å². The zero-order chi connectivity index (χ0) is 20.1. The van der Waals surface area contributed by atoms with E-state index in [9.17, 15) is 0 Å². The number of piperidine rings is 1. The van der Waals surface area contributed by atoms with Crippen molar-refractivity contribution in [2.75, 3.05) is 20.1 Å². The van der Waals surface area contributed by atoms with Gasteiger partial charge in [0, 0.05) is 57.6 Å². The summed E-state index contributed by atoms with van der Waals surface area (Å²) in [5, 5.41) is 11.6. The number of aliphatic imine (C=N–C) groups is 1. The molecule has 1 aliphatic heterocycles. The summed E-state index contributed by atoms with van der Waals surface area (Å²) in [5.41, 5.74) is 6.35. The minimum absolute atomic E-state index is 0.468. The van der Waals surface area contributed by atoms with E-state index in [1.807, 2.05) is 18.8 Å². The fourth-order valence-electron chi connectivity index (χ4n) is 3.90. The number of aryl methyl sites for hydroxylation is 3. The number of hydrogen-bond donors (Lipinski definition) is 2. The first kappa shape index (κ1) is 20.4. The molecule has 0 amide bonds. The average molecular weight is 383 g/mol. The number of hydrogen-bond acceptors (Lipinski definition) is 3. The third-order valence-electron chi connectivity index (χ3n) is 5.90. The second kappa shape index (κ2) is 9.24. The molecule has 2 heterocycles. The van der Waals surface area contributed by atoms with Gasteiger partial charge in [0.25, 0.3) is 0 Å². The predicted molar refractivity (Wildman–Crippen MR) is 115 cm³/mol. The smallest absolute Gasteiger partial charge is 0.191 e. The summed E-state index contributed by atoms with van der Waals surface area (Å²) < 4.78 is 1.94. The molecule has 0 spiro atoms. The zero-order valence-corrected chi connectivity index (χ0v) is 17.9. The van der Waals surface area contributed by atoms with Gasteiger partial charge in [-0.25, -0.2) is 0 Å². The number of nitrogens with zero attached hydrogens (tertiary/aromatic N) is 4. The minimum atomic E-state index is 0.468. The van der Waals surface area contributed by atoms with Crippen LogP contribution in [0, 0.1) is 20.8 Å². The molecule has 28 heavy (non-hydrogen) atoms. The van der Waals surface area contributed by atoms with E-state index in [4.69, 9.17) is 0 Å². The van der Waals surface area contributed by atoms with Crippen LogP contribution in [0.5, 0.6) is 0 Å². The quantitative estimate of drug-likeness (QED) is 0.617. The maximum absolute atomic E-state index is 4.49. The van der Waals surface area contributed by atoms with E-state index in [1.165, 1.54) is 22.4 Å². The summed E-state index contributed by atoms with van der Waals surface area (Å²) in [6, 6.07) is 9.16. The maximum atomic E-state index is 4.49. The van der Waals surface area contributed by atoms with Crippen molar-refractivity contribution in [3.63, 3.8) is 0 Å². The molecule has 1 saturated heterocycles. The highest BCUT2D eigenvalue weighted by molar-refractivity contribution is 5.80. The number of guanidine groups is 1. The lowest BCUT2D eigenvalue weighted by atomic mass is 10.0. The molecule has 0 unspecified atom stereocenters.